The number of carbonyl (C=O) groups excluding carboxylic acids is 1. The Labute approximate surface area is 125 Å². The molecule has 0 atom stereocenters. The van der Waals surface area contributed by atoms with E-state index in [1.165, 1.54) is 49.7 Å². The molecule has 0 aliphatic heterocycles. The van der Waals surface area contributed by atoms with Crippen LogP contribution in [0, 0.1) is 11.6 Å². The van der Waals surface area contributed by atoms with E-state index in [-0.39, 0.29) is 5.75 Å². The molecule has 0 saturated carbocycles. The Morgan fingerprint density at radius 2 is 1.82 bits per heavy atom. The van der Waals surface area contributed by atoms with Gasteiger partial charge in [0, 0.05) is 18.7 Å². The molecular weight excluding hydrogens is 292 g/mol. The molecule has 5 nitrogen and oxygen atoms in total. The monoisotopic (exact) mass is 305 g/mol. The quantitative estimate of drug-likeness (QED) is 0.696. The maximum absolute atomic E-state index is 13.4. The molecule has 0 heterocycles. The first-order chi connectivity index (χ1) is 10.5. The summed E-state index contributed by atoms with van der Waals surface area (Å²) in [4.78, 5) is 10.9. The van der Waals surface area contributed by atoms with Crippen LogP contribution < -0.4 is 10.5 Å². The number of hydrogen-bond acceptors (Lipinski definition) is 3. The summed E-state index contributed by atoms with van der Waals surface area (Å²) in [6.07, 6.45) is 1.31. The highest BCUT2D eigenvalue weighted by Gasteiger charge is 2.07. The zero-order valence-electron chi connectivity index (χ0n) is 11.7. The number of halogens is 2. The fraction of sp³-hybridized carbons (Fsp3) is 0.0667. The van der Waals surface area contributed by atoms with Gasteiger partial charge in [-0.25, -0.2) is 18.6 Å². The maximum atomic E-state index is 13.4. The predicted octanol–water partition coefficient (Wildman–Crippen LogP) is 3.10. The van der Waals surface area contributed by atoms with Crippen molar-refractivity contribution in [2.45, 2.75) is 0 Å². The van der Waals surface area contributed by atoms with Gasteiger partial charge in [-0.1, -0.05) is 0 Å². The molecule has 7 heteroatoms. The highest BCUT2D eigenvalue weighted by Crippen LogP contribution is 2.25. The van der Waals surface area contributed by atoms with Crippen LogP contribution in [-0.2, 0) is 0 Å². The molecule has 0 bridgehead atoms. The first kappa shape index (κ1) is 15.4. The molecule has 0 unspecified atom stereocenters. The van der Waals surface area contributed by atoms with Gasteiger partial charge in [-0.2, -0.15) is 5.10 Å². The van der Waals surface area contributed by atoms with Crippen molar-refractivity contribution in [2.24, 2.45) is 10.8 Å². The minimum absolute atomic E-state index is 0.174. The van der Waals surface area contributed by atoms with Crippen LogP contribution in [-0.4, -0.2) is 24.3 Å². The second kappa shape index (κ2) is 6.66. The summed E-state index contributed by atoms with van der Waals surface area (Å²) in [6.45, 7) is 0. The summed E-state index contributed by atoms with van der Waals surface area (Å²) >= 11 is 0. The van der Waals surface area contributed by atoms with E-state index in [2.05, 4.69) is 5.10 Å². The number of urea groups is 1. The van der Waals surface area contributed by atoms with E-state index in [0.717, 1.165) is 11.1 Å². The van der Waals surface area contributed by atoms with Gasteiger partial charge in [-0.3, -0.25) is 0 Å². The Balaban J connectivity index is 2.27. The lowest BCUT2D eigenvalue weighted by Gasteiger charge is -2.10. The molecule has 0 spiro atoms. The van der Waals surface area contributed by atoms with E-state index in [9.17, 15) is 13.6 Å². The van der Waals surface area contributed by atoms with Crippen LogP contribution in [0.25, 0.3) is 0 Å². The van der Waals surface area contributed by atoms with Crippen molar-refractivity contribution in [3.05, 3.63) is 59.7 Å². The number of benzene rings is 2. The molecule has 2 aromatic carbocycles. The van der Waals surface area contributed by atoms with Gasteiger partial charge in [-0.05, 0) is 36.4 Å². The van der Waals surface area contributed by atoms with Gasteiger partial charge in [0.05, 0.1) is 6.21 Å². The zero-order valence-corrected chi connectivity index (χ0v) is 11.7. The highest BCUT2D eigenvalue weighted by atomic mass is 19.1. The Bertz CT molecular complexity index is 702. The SMILES string of the molecule is CN(N=Cc1ccc(F)cc1Oc1ccc(F)cc1)C(N)=O. The van der Waals surface area contributed by atoms with Crippen molar-refractivity contribution in [1.29, 1.82) is 0 Å². The number of nitrogens with zero attached hydrogens (tertiary/aromatic N) is 2. The van der Waals surface area contributed by atoms with Crippen molar-refractivity contribution in [2.75, 3.05) is 7.05 Å². The number of primary amides is 1. The topological polar surface area (TPSA) is 67.9 Å². The third kappa shape index (κ3) is 4.02. The first-order valence-electron chi connectivity index (χ1n) is 6.26. The summed E-state index contributed by atoms with van der Waals surface area (Å²) in [5.74, 6) is -0.396. The predicted molar refractivity (Wildman–Crippen MR) is 77.8 cm³/mol. The number of carbonyl (C=O) groups is 1. The summed E-state index contributed by atoms with van der Waals surface area (Å²) < 4.78 is 31.7. The van der Waals surface area contributed by atoms with Crippen LogP contribution in [0.1, 0.15) is 5.56 Å². The summed E-state index contributed by atoms with van der Waals surface area (Å²) in [5.41, 5.74) is 5.48. The summed E-state index contributed by atoms with van der Waals surface area (Å²) in [5, 5.41) is 4.73. The highest BCUT2D eigenvalue weighted by molar-refractivity contribution is 5.84. The number of hydrogen-bond donors (Lipinski definition) is 1. The van der Waals surface area contributed by atoms with Crippen LogP contribution in [0.15, 0.2) is 47.6 Å². The first-order valence-corrected chi connectivity index (χ1v) is 6.26. The van der Waals surface area contributed by atoms with Crippen LogP contribution in [0.5, 0.6) is 11.5 Å². The molecule has 2 amide bonds. The fourth-order valence-electron chi connectivity index (χ4n) is 1.54. The van der Waals surface area contributed by atoms with Crippen molar-refractivity contribution in [3.8, 4) is 11.5 Å². The molecular formula is C15H13F2N3O2. The molecule has 0 aromatic heterocycles. The molecule has 2 N–H and O–H groups in total. The lowest BCUT2D eigenvalue weighted by atomic mass is 10.2. The molecule has 0 aliphatic rings. The smallest absolute Gasteiger partial charge is 0.334 e. The van der Waals surface area contributed by atoms with Gasteiger partial charge >= 0.3 is 6.03 Å². The van der Waals surface area contributed by atoms with Gasteiger partial charge in [0.15, 0.2) is 0 Å². The van der Waals surface area contributed by atoms with Crippen molar-refractivity contribution < 1.29 is 18.3 Å². The van der Waals surface area contributed by atoms with Crippen LogP contribution in [0.4, 0.5) is 13.6 Å². The minimum atomic E-state index is -0.737. The van der Waals surface area contributed by atoms with E-state index in [4.69, 9.17) is 10.5 Å². The number of hydrazone groups is 1. The largest absolute Gasteiger partial charge is 0.457 e. The standard InChI is InChI=1S/C15H13F2N3O2/c1-20(15(18)21)19-9-10-2-3-12(17)8-14(10)22-13-6-4-11(16)5-7-13/h2-9H,1H3,(H2,18,21). The number of rotatable bonds is 4. The molecule has 0 fully saturated rings. The minimum Gasteiger partial charge on any atom is -0.457 e. The lowest BCUT2D eigenvalue weighted by Crippen LogP contribution is -2.27. The van der Waals surface area contributed by atoms with Gasteiger partial charge in [0.1, 0.15) is 23.1 Å². The Morgan fingerprint density at radius 1 is 1.18 bits per heavy atom. The summed E-state index contributed by atoms with van der Waals surface area (Å²) in [7, 11) is 1.38. The lowest BCUT2D eigenvalue weighted by molar-refractivity contribution is 0.220. The van der Waals surface area contributed by atoms with Crippen LogP contribution in [0.2, 0.25) is 0 Å². The van der Waals surface area contributed by atoms with Gasteiger partial charge in [0.2, 0.25) is 0 Å². The van der Waals surface area contributed by atoms with Crippen LogP contribution >= 0.6 is 0 Å². The second-order valence-electron chi connectivity index (χ2n) is 4.34. The van der Waals surface area contributed by atoms with E-state index in [0.29, 0.717) is 11.3 Å². The van der Waals surface area contributed by atoms with Crippen molar-refractivity contribution in [1.82, 2.24) is 5.01 Å². The molecule has 0 aliphatic carbocycles. The molecule has 2 rings (SSSR count). The average Bonchev–Trinajstić information content (AvgIpc) is 2.48. The number of nitrogens with two attached hydrogens (primary N) is 1. The third-order valence-corrected chi connectivity index (χ3v) is 2.71. The Morgan fingerprint density at radius 3 is 2.45 bits per heavy atom. The molecule has 0 saturated heterocycles. The average molecular weight is 305 g/mol. The van der Waals surface area contributed by atoms with E-state index in [1.54, 1.807) is 0 Å². The number of amides is 2. The van der Waals surface area contributed by atoms with E-state index >= 15 is 0 Å². The zero-order chi connectivity index (χ0) is 16.1. The fourth-order valence-corrected chi connectivity index (χ4v) is 1.54. The van der Waals surface area contributed by atoms with Crippen LogP contribution in [0.3, 0.4) is 0 Å². The molecule has 22 heavy (non-hydrogen) atoms. The van der Waals surface area contributed by atoms with Gasteiger partial charge in [0.25, 0.3) is 0 Å². The van der Waals surface area contributed by atoms with Gasteiger partial charge in [-0.15, -0.1) is 0 Å². The van der Waals surface area contributed by atoms with E-state index in [1.807, 2.05) is 0 Å². The number of ether oxygens (including phenoxy) is 1. The van der Waals surface area contributed by atoms with E-state index < -0.39 is 17.7 Å². The molecule has 2 aromatic rings. The maximum Gasteiger partial charge on any atom is 0.334 e. The van der Waals surface area contributed by atoms with Crippen molar-refractivity contribution >= 4 is 12.2 Å². The van der Waals surface area contributed by atoms with Gasteiger partial charge < -0.3 is 10.5 Å². The molecule has 0 radical (unpaired) electrons. The normalized spacial score (nSPS) is 10.7. The Hall–Kier alpha value is -2.96. The van der Waals surface area contributed by atoms with Crippen molar-refractivity contribution in [3.63, 3.8) is 0 Å². The third-order valence-electron chi connectivity index (χ3n) is 2.71. The second-order valence-corrected chi connectivity index (χ2v) is 4.34. The summed E-state index contributed by atoms with van der Waals surface area (Å²) in [6, 6.07) is 8.37. The molecule has 114 valence electrons. The Kier molecular flexibility index (Phi) is 4.67.